The molecule has 2 aromatic heterocycles. The molecular formula is C19H20ClN7O5. The van der Waals surface area contributed by atoms with Crippen LogP contribution < -0.4 is 10.6 Å². The molecule has 0 saturated heterocycles. The Morgan fingerprint density at radius 3 is 2.47 bits per heavy atom. The first-order chi connectivity index (χ1) is 15.2. The van der Waals surface area contributed by atoms with E-state index in [1.807, 2.05) is 6.92 Å². The van der Waals surface area contributed by atoms with Gasteiger partial charge in [-0.15, -0.1) is 0 Å². The lowest BCUT2D eigenvalue weighted by Crippen LogP contribution is -2.34. The van der Waals surface area contributed by atoms with Crippen molar-refractivity contribution in [3.05, 3.63) is 67.6 Å². The molecule has 3 aromatic rings. The van der Waals surface area contributed by atoms with Gasteiger partial charge in [-0.3, -0.25) is 24.4 Å². The number of nitro groups is 1. The third kappa shape index (κ3) is 5.09. The van der Waals surface area contributed by atoms with Gasteiger partial charge in [0.05, 0.1) is 21.3 Å². The van der Waals surface area contributed by atoms with Crippen LogP contribution in [0.25, 0.3) is 0 Å². The number of carbonyl (C=O) groups is 2. The van der Waals surface area contributed by atoms with Crippen molar-refractivity contribution in [2.75, 3.05) is 13.1 Å². The van der Waals surface area contributed by atoms with E-state index in [1.165, 1.54) is 18.2 Å². The van der Waals surface area contributed by atoms with Crippen LogP contribution in [0.1, 0.15) is 43.8 Å². The molecule has 0 aliphatic rings. The molecule has 2 N–H and O–H groups in total. The van der Waals surface area contributed by atoms with Crippen LogP contribution >= 0.6 is 11.6 Å². The summed E-state index contributed by atoms with van der Waals surface area (Å²) in [6, 6.07) is 4.08. The predicted octanol–water partition coefficient (Wildman–Crippen LogP) is 1.96. The molecule has 0 bridgehead atoms. The first kappa shape index (κ1) is 22.9. The Balaban J connectivity index is 1.48. The fourth-order valence-electron chi connectivity index (χ4n) is 2.90. The molecule has 0 aliphatic heterocycles. The van der Waals surface area contributed by atoms with Crippen molar-refractivity contribution in [3.8, 4) is 0 Å². The molecule has 32 heavy (non-hydrogen) atoms. The van der Waals surface area contributed by atoms with Crippen LogP contribution in [-0.2, 0) is 6.54 Å². The second-order valence-corrected chi connectivity index (χ2v) is 7.31. The lowest BCUT2D eigenvalue weighted by Gasteiger charge is -2.06. The van der Waals surface area contributed by atoms with Crippen molar-refractivity contribution >= 4 is 29.1 Å². The van der Waals surface area contributed by atoms with Gasteiger partial charge in [0.1, 0.15) is 6.54 Å². The number of nitro benzene ring substituents is 1. The molecule has 0 radical (unpaired) electrons. The molecule has 2 amide bonds. The second kappa shape index (κ2) is 9.56. The monoisotopic (exact) mass is 461 g/mol. The maximum absolute atomic E-state index is 12.2. The van der Waals surface area contributed by atoms with Gasteiger partial charge in [-0.25, -0.2) is 0 Å². The number of hydrogen-bond acceptors (Lipinski definition) is 8. The molecule has 0 atom stereocenters. The highest BCUT2D eigenvalue weighted by Gasteiger charge is 2.17. The Labute approximate surface area is 187 Å². The van der Waals surface area contributed by atoms with Gasteiger partial charge in [0.25, 0.3) is 11.6 Å². The van der Waals surface area contributed by atoms with Gasteiger partial charge < -0.3 is 15.2 Å². The quantitative estimate of drug-likeness (QED) is 0.292. The first-order valence-corrected chi connectivity index (χ1v) is 9.88. The average Bonchev–Trinajstić information content (AvgIpc) is 3.31. The summed E-state index contributed by atoms with van der Waals surface area (Å²) in [6.45, 7) is 5.58. The van der Waals surface area contributed by atoms with Crippen LogP contribution in [0.2, 0.25) is 5.02 Å². The smallest absolute Gasteiger partial charge is 0.316 e. The minimum atomic E-state index is -0.587. The summed E-state index contributed by atoms with van der Waals surface area (Å²) in [4.78, 5) is 38.7. The van der Waals surface area contributed by atoms with Gasteiger partial charge in [0.2, 0.25) is 0 Å². The van der Waals surface area contributed by atoms with Crippen molar-refractivity contribution in [1.82, 2.24) is 30.6 Å². The Hall–Kier alpha value is -3.80. The van der Waals surface area contributed by atoms with Gasteiger partial charge in [0.15, 0.2) is 5.82 Å². The van der Waals surface area contributed by atoms with Crippen molar-refractivity contribution in [1.29, 1.82) is 0 Å². The van der Waals surface area contributed by atoms with Crippen LogP contribution in [0.4, 0.5) is 5.69 Å². The largest absolute Gasteiger partial charge is 0.350 e. The number of carbonyl (C=O) groups excluding carboxylic acids is 2. The molecule has 0 saturated carbocycles. The maximum atomic E-state index is 12.2. The van der Waals surface area contributed by atoms with Crippen LogP contribution in [0.5, 0.6) is 0 Å². The summed E-state index contributed by atoms with van der Waals surface area (Å²) in [5.41, 5.74) is 2.03. The maximum Gasteiger partial charge on any atom is 0.316 e. The number of hydrogen-bond donors (Lipinski definition) is 2. The third-order valence-electron chi connectivity index (χ3n) is 4.60. The SMILES string of the molecule is Cc1cc(C(=O)NCCNC(=O)c2nc(Cn3nc(C)c(Cl)c3C)no2)ccc1[N+](=O)[O-]. The van der Waals surface area contributed by atoms with E-state index in [1.54, 1.807) is 18.5 Å². The van der Waals surface area contributed by atoms with Gasteiger partial charge in [-0.05, 0) is 32.9 Å². The van der Waals surface area contributed by atoms with Crippen molar-refractivity contribution in [3.63, 3.8) is 0 Å². The van der Waals surface area contributed by atoms with E-state index < -0.39 is 16.7 Å². The average molecular weight is 462 g/mol. The molecule has 12 nitrogen and oxygen atoms in total. The van der Waals surface area contributed by atoms with Gasteiger partial charge in [0, 0.05) is 30.3 Å². The molecule has 13 heteroatoms. The number of aryl methyl sites for hydroxylation is 2. The van der Waals surface area contributed by atoms with E-state index in [0.29, 0.717) is 16.3 Å². The fraction of sp³-hybridized carbons (Fsp3) is 0.316. The van der Waals surface area contributed by atoms with E-state index in [4.69, 9.17) is 16.1 Å². The molecule has 2 heterocycles. The van der Waals surface area contributed by atoms with E-state index >= 15 is 0 Å². The Kier molecular flexibility index (Phi) is 6.83. The summed E-state index contributed by atoms with van der Waals surface area (Å²) in [6.07, 6.45) is 0. The van der Waals surface area contributed by atoms with Crippen molar-refractivity contribution in [2.24, 2.45) is 0 Å². The molecule has 0 aliphatic carbocycles. The Morgan fingerprint density at radius 2 is 1.88 bits per heavy atom. The van der Waals surface area contributed by atoms with Crippen LogP contribution in [0.15, 0.2) is 22.7 Å². The van der Waals surface area contributed by atoms with Crippen LogP contribution in [-0.4, -0.2) is 49.7 Å². The molecule has 3 rings (SSSR count). The number of nitrogens with zero attached hydrogens (tertiary/aromatic N) is 5. The minimum Gasteiger partial charge on any atom is -0.350 e. The highest BCUT2D eigenvalue weighted by atomic mass is 35.5. The fourth-order valence-corrected chi connectivity index (χ4v) is 3.04. The van der Waals surface area contributed by atoms with Crippen LogP contribution in [0.3, 0.4) is 0 Å². The molecular weight excluding hydrogens is 442 g/mol. The molecule has 1 aromatic carbocycles. The lowest BCUT2D eigenvalue weighted by atomic mass is 10.1. The first-order valence-electron chi connectivity index (χ1n) is 9.51. The zero-order chi connectivity index (χ0) is 23.4. The number of nitrogens with one attached hydrogen (secondary N) is 2. The van der Waals surface area contributed by atoms with Crippen LogP contribution in [0, 0.1) is 30.9 Å². The summed E-state index contributed by atoms with van der Waals surface area (Å²) >= 11 is 6.11. The zero-order valence-electron chi connectivity index (χ0n) is 17.5. The van der Waals surface area contributed by atoms with E-state index in [9.17, 15) is 19.7 Å². The third-order valence-corrected chi connectivity index (χ3v) is 5.15. The Morgan fingerprint density at radius 1 is 1.19 bits per heavy atom. The highest BCUT2D eigenvalue weighted by Crippen LogP contribution is 2.20. The number of halogens is 1. The number of amides is 2. The molecule has 168 valence electrons. The normalized spacial score (nSPS) is 10.8. The summed E-state index contributed by atoms with van der Waals surface area (Å²) < 4.78 is 6.59. The van der Waals surface area contributed by atoms with Gasteiger partial charge in [-0.2, -0.15) is 10.1 Å². The van der Waals surface area contributed by atoms with E-state index in [2.05, 4.69) is 25.9 Å². The topological polar surface area (TPSA) is 158 Å². The number of rotatable bonds is 8. The predicted molar refractivity (Wildman–Crippen MR) is 113 cm³/mol. The van der Waals surface area contributed by atoms with Crippen molar-refractivity contribution in [2.45, 2.75) is 27.3 Å². The van der Waals surface area contributed by atoms with E-state index in [0.717, 1.165) is 5.69 Å². The van der Waals surface area contributed by atoms with E-state index in [-0.39, 0.29) is 42.6 Å². The zero-order valence-corrected chi connectivity index (χ0v) is 18.3. The summed E-state index contributed by atoms with van der Waals surface area (Å²) in [5.74, 6) is -0.958. The van der Waals surface area contributed by atoms with Crippen molar-refractivity contribution < 1.29 is 19.0 Å². The Bertz CT molecular complexity index is 1190. The molecule has 0 unspecified atom stereocenters. The van der Waals surface area contributed by atoms with Gasteiger partial charge >= 0.3 is 11.8 Å². The summed E-state index contributed by atoms with van der Waals surface area (Å²) in [5, 5.41) is 24.6. The highest BCUT2D eigenvalue weighted by molar-refractivity contribution is 6.31. The minimum absolute atomic E-state index is 0.0614. The standard InChI is InChI=1S/C19H20ClN7O5/c1-10-8-13(4-5-14(10)27(30)31)17(28)21-6-7-22-18(29)19-23-15(25-32-19)9-26-12(3)16(20)11(2)24-26/h4-5,8H,6-7,9H2,1-3H3,(H,21,28)(H,22,29). The molecule has 0 fully saturated rings. The van der Waals surface area contributed by atoms with Gasteiger partial charge in [-0.1, -0.05) is 16.8 Å². The lowest BCUT2D eigenvalue weighted by molar-refractivity contribution is -0.385. The summed E-state index contributed by atoms with van der Waals surface area (Å²) in [7, 11) is 0. The number of benzene rings is 1. The number of aromatic nitrogens is 4. The second-order valence-electron chi connectivity index (χ2n) is 6.93. The molecule has 0 spiro atoms.